The van der Waals surface area contributed by atoms with Crippen LogP contribution >= 0.6 is 8.51 Å². The molecule has 76 valence electrons. The summed E-state index contributed by atoms with van der Waals surface area (Å²) >= 11 is 0. The molecule has 6 heteroatoms. The van der Waals surface area contributed by atoms with Crippen molar-refractivity contribution >= 4 is 8.51 Å². The van der Waals surface area contributed by atoms with Gasteiger partial charge in [0.05, 0.1) is 16.8 Å². The van der Waals surface area contributed by atoms with Gasteiger partial charge in [0.1, 0.15) is 0 Å². The molecule has 0 saturated carbocycles. The van der Waals surface area contributed by atoms with E-state index in [4.69, 9.17) is 0 Å². The molecule has 0 radical (unpaired) electrons. The molecule has 1 heterocycles. The van der Waals surface area contributed by atoms with Gasteiger partial charge in [0.25, 0.3) is 0 Å². The summed E-state index contributed by atoms with van der Waals surface area (Å²) in [6.45, 7) is 4.34. The largest absolute Gasteiger partial charge is 0.755 e. The quantitative estimate of drug-likeness (QED) is 0.474. The van der Waals surface area contributed by atoms with E-state index in [0.29, 0.717) is 0 Å². The number of likely N-dealkylation sites (N-methyl/N-ethyl adjacent to an activating group) is 1. The summed E-state index contributed by atoms with van der Waals surface area (Å²) in [5.41, 5.74) is 0. The molecule has 0 unspecified atom stereocenters. The van der Waals surface area contributed by atoms with Crippen LogP contribution in [0, 0.1) is 0 Å². The van der Waals surface area contributed by atoms with Crippen molar-refractivity contribution in [3.63, 3.8) is 0 Å². The normalized spacial score (nSPS) is 15.3. The van der Waals surface area contributed by atoms with Crippen LogP contribution in [0.15, 0.2) is 24.4 Å². The van der Waals surface area contributed by atoms with Gasteiger partial charge in [-0.2, -0.15) is 0 Å². The van der Waals surface area contributed by atoms with E-state index in [1.165, 1.54) is 0 Å². The van der Waals surface area contributed by atoms with Gasteiger partial charge in [-0.05, 0) is 19.2 Å². The summed E-state index contributed by atoms with van der Waals surface area (Å²) in [7, 11) is -6.39. The topological polar surface area (TPSA) is 3.24 Å². The minimum atomic E-state index is -6.39. The highest BCUT2D eigenvalue weighted by Crippen LogP contribution is 2.65. The zero-order valence-corrected chi connectivity index (χ0v) is 8.02. The number of nitrogens with zero attached hydrogens (tertiary/aromatic N) is 1. The Labute approximate surface area is 75.5 Å². The maximum Gasteiger partial charge on any atom is 0.755 e. The van der Waals surface area contributed by atoms with Gasteiger partial charge in [-0.25, -0.2) is 0 Å². The first kappa shape index (κ1) is 12.4. The molecule has 0 aliphatic carbocycles. The number of allylic oxidation sites excluding steroid dienone is 2. The molecular formula is C7H11F4NP+. The molecule has 0 aromatic rings. The third kappa shape index (κ3) is 11.4. The minimum Gasteiger partial charge on any atom is -0.374 e. The lowest BCUT2D eigenvalue weighted by molar-refractivity contribution is 0.436. The molecular weight excluding hydrogens is 205 g/mol. The van der Waals surface area contributed by atoms with Crippen molar-refractivity contribution in [2.75, 3.05) is 13.1 Å². The first-order chi connectivity index (χ1) is 5.93. The van der Waals surface area contributed by atoms with Gasteiger partial charge >= 0.3 is 8.51 Å². The Morgan fingerprint density at radius 1 is 1.23 bits per heavy atom. The molecule has 1 rings (SSSR count). The summed E-state index contributed by atoms with van der Waals surface area (Å²) < 4.78 is 39.2. The molecule has 0 aromatic heterocycles. The molecule has 0 spiro atoms. The lowest BCUT2D eigenvalue weighted by Gasteiger charge is -2.16. The zero-order valence-electron chi connectivity index (χ0n) is 7.13. The summed E-state index contributed by atoms with van der Waals surface area (Å²) in [5.74, 6) is 0. The van der Waals surface area contributed by atoms with Crippen LogP contribution in [-0.2, 0) is 0 Å². The first-order valence-corrected chi connectivity index (χ1v) is 5.03. The lowest BCUT2D eigenvalue weighted by Crippen LogP contribution is -2.17. The van der Waals surface area contributed by atoms with Gasteiger partial charge < -0.3 is 4.90 Å². The predicted octanol–water partition coefficient (Wildman–Crippen LogP) is 3.93. The Kier molecular flexibility index (Phi) is 5.71. The molecule has 13 heavy (non-hydrogen) atoms. The fourth-order valence-corrected chi connectivity index (χ4v) is 0.742. The van der Waals surface area contributed by atoms with Crippen LogP contribution in [0.3, 0.4) is 0 Å². The maximum absolute atomic E-state index is 9.80. The smallest absolute Gasteiger partial charge is 0.374 e. The minimum absolute atomic E-state index is 1.08. The molecule has 0 fully saturated rings. The summed E-state index contributed by atoms with van der Waals surface area (Å²) in [6, 6.07) is 0. The van der Waals surface area contributed by atoms with E-state index in [9.17, 15) is 16.8 Å². The van der Waals surface area contributed by atoms with E-state index in [1.807, 2.05) is 0 Å². The van der Waals surface area contributed by atoms with Crippen molar-refractivity contribution in [1.82, 2.24) is 4.90 Å². The highest BCUT2D eigenvalue weighted by molar-refractivity contribution is 7.54. The van der Waals surface area contributed by atoms with Gasteiger partial charge in [-0.15, -0.1) is 0 Å². The molecule has 1 aliphatic heterocycles. The fraction of sp³-hybridized carbons (Fsp3) is 0.429. The van der Waals surface area contributed by atoms with Crippen molar-refractivity contribution in [2.45, 2.75) is 6.92 Å². The van der Waals surface area contributed by atoms with Gasteiger partial charge in [-0.1, -0.05) is 12.2 Å². The van der Waals surface area contributed by atoms with Crippen LogP contribution in [-0.4, -0.2) is 18.0 Å². The monoisotopic (exact) mass is 216 g/mol. The third-order valence-corrected chi connectivity index (χ3v) is 1.29. The van der Waals surface area contributed by atoms with E-state index >= 15 is 0 Å². The second-order valence-electron chi connectivity index (χ2n) is 2.24. The van der Waals surface area contributed by atoms with Crippen molar-refractivity contribution in [3.8, 4) is 0 Å². The molecule has 0 amide bonds. The van der Waals surface area contributed by atoms with E-state index in [-0.39, 0.29) is 0 Å². The molecule has 0 bridgehead atoms. The van der Waals surface area contributed by atoms with E-state index in [1.54, 1.807) is 0 Å². The fourth-order valence-electron chi connectivity index (χ4n) is 0.742. The van der Waals surface area contributed by atoms with Crippen molar-refractivity contribution in [2.24, 2.45) is 0 Å². The summed E-state index contributed by atoms with van der Waals surface area (Å²) in [4.78, 5) is 2.25. The summed E-state index contributed by atoms with van der Waals surface area (Å²) in [6.07, 6.45) is 8.41. The average Bonchev–Trinajstić information content (AvgIpc) is 2.03. The van der Waals surface area contributed by atoms with E-state index < -0.39 is 8.51 Å². The van der Waals surface area contributed by atoms with Crippen LogP contribution in [0.2, 0.25) is 0 Å². The molecule has 0 saturated heterocycles. The van der Waals surface area contributed by atoms with Gasteiger partial charge in [0.2, 0.25) is 0 Å². The number of rotatable bonds is 1. The molecule has 1 nitrogen and oxygen atoms in total. The Morgan fingerprint density at radius 2 is 1.77 bits per heavy atom. The van der Waals surface area contributed by atoms with Crippen LogP contribution < -0.4 is 0 Å². The third-order valence-electron chi connectivity index (χ3n) is 1.29. The highest BCUT2D eigenvalue weighted by Gasteiger charge is 2.44. The number of hydrogen-bond donors (Lipinski definition) is 0. The molecule has 0 aromatic carbocycles. The highest BCUT2D eigenvalue weighted by atomic mass is 31.3. The predicted molar refractivity (Wildman–Crippen MR) is 46.9 cm³/mol. The van der Waals surface area contributed by atoms with Gasteiger partial charge in [0, 0.05) is 13.1 Å². The second kappa shape index (κ2) is 5.97. The van der Waals surface area contributed by atoms with Crippen molar-refractivity contribution in [1.29, 1.82) is 0 Å². The average molecular weight is 216 g/mol. The van der Waals surface area contributed by atoms with Crippen LogP contribution in [0.5, 0.6) is 0 Å². The Bertz CT molecular complexity index is 181. The lowest BCUT2D eigenvalue weighted by atomic mass is 10.3. The molecule has 1 aliphatic rings. The first-order valence-electron chi connectivity index (χ1n) is 3.68. The Morgan fingerprint density at radius 3 is 2.00 bits per heavy atom. The van der Waals surface area contributed by atoms with Crippen molar-refractivity contribution in [3.05, 3.63) is 24.4 Å². The number of hydrogen-bond acceptors (Lipinski definition) is 1. The standard InChI is InChI=1S/C7H11N.F4P/c1-2-8-6-4-3-5-7-8;1-5(2,3)4/h3-6H,2,7H2,1H3;/q;+1. The molecule has 0 atom stereocenters. The second-order valence-corrected chi connectivity index (χ2v) is 3.01. The van der Waals surface area contributed by atoms with E-state index in [2.05, 4.69) is 36.3 Å². The van der Waals surface area contributed by atoms with Crippen LogP contribution in [0.25, 0.3) is 0 Å². The van der Waals surface area contributed by atoms with Crippen molar-refractivity contribution < 1.29 is 16.8 Å². The Balaban J connectivity index is 0.000000252. The number of halogens is 4. The van der Waals surface area contributed by atoms with E-state index in [0.717, 1.165) is 13.1 Å². The summed E-state index contributed by atoms with van der Waals surface area (Å²) in [5, 5.41) is 0. The molecule has 0 N–H and O–H groups in total. The maximum atomic E-state index is 9.80. The SMILES string of the molecule is CCN1C=CC=CC1.F[P+](F)(F)F. The Hall–Kier alpha value is -0.570. The van der Waals surface area contributed by atoms with Crippen LogP contribution in [0.4, 0.5) is 16.8 Å². The van der Waals surface area contributed by atoms with Crippen LogP contribution in [0.1, 0.15) is 6.92 Å². The van der Waals surface area contributed by atoms with Gasteiger partial charge in [-0.3, -0.25) is 0 Å². The van der Waals surface area contributed by atoms with Gasteiger partial charge in [0.15, 0.2) is 0 Å². The zero-order chi connectivity index (χ0) is 10.3.